The van der Waals surface area contributed by atoms with Crippen LogP contribution in [0.2, 0.25) is 0 Å². The molecule has 0 bridgehead atoms. The molecule has 0 radical (unpaired) electrons. The molecule has 3 N–H and O–H groups in total. The molecule has 2 aromatic carbocycles. The van der Waals surface area contributed by atoms with Gasteiger partial charge in [-0.05, 0) is 35.9 Å². The molecule has 4 nitrogen and oxygen atoms in total. The summed E-state index contributed by atoms with van der Waals surface area (Å²) in [6, 6.07) is 7.87. The molecular weight excluding hydrogens is 340 g/mol. The Morgan fingerprint density at radius 2 is 1.72 bits per heavy atom. The average molecular weight is 354 g/mol. The molecule has 2 rings (SSSR count). The molecule has 132 valence electrons. The Morgan fingerprint density at radius 3 is 2.28 bits per heavy atom. The molecule has 2 aromatic rings. The number of hydrogen-bond acceptors (Lipinski definition) is 2. The van der Waals surface area contributed by atoms with E-state index in [0.717, 1.165) is 12.1 Å². The second kappa shape index (κ2) is 7.33. The van der Waals surface area contributed by atoms with Crippen LogP contribution in [0.4, 0.5) is 17.6 Å². The minimum atomic E-state index is -4.59. The molecule has 0 aliphatic rings. The quantitative estimate of drug-likeness (QED) is 0.811. The Bertz CT molecular complexity index is 773. The van der Waals surface area contributed by atoms with Gasteiger partial charge in [0.2, 0.25) is 5.91 Å². The molecule has 0 aliphatic heterocycles. The normalized spacial score (nSPS) is 12.5. The van der Waals surface area contributed by atoms with Crippen molar-refractivity contribution in [3.8, 4) is 0 Å². The summed E-state index contributed by atoms with van der Waals surface area (Å²) in [5, 5.41) is 2.30. The van der Waals surface area contributed by atoms with Gasteiger partial charge in [0.25, 0.3) is 5.91 Å². The Morgan fingerprint density at radius 1 is 1.08 bits per heavy atom. The Labute approximate surface area is 140 Å². The Hall–Kier alpha value is -2.90. The summed E-state index contributed by atoms with van der Waals surface area (Å²) in [5.41, 5.74) is 4.54. The van der Waals surface area contributed by atoms with Crippen LogP contribution in [0.25, 0.3) is 0 Å². The third kappa shape index (κ3) is 5.03. The third-order valence-corrected chi connectivity index (χ3v) is 3.45. The maximum Gasteiger partial charge on any atom is 0.416 e. The van der Waals surface area contributed by atoms with Crippen molar-refractivity contribution < 1.29 is 27.2 Å². The van der Waals surface area contributed by atoms with E-state index >= 15 is 0 Å². The number of halogens is 4. The van der Waals surface area contributed by atoms with E-state index in [0.29, 0.717) is 11.6 Å². The van der Waals surface area contributed by atoms with E-state index in [9.17, 15) is 27.2 Å². The molecule has 1 atom stereocenters. The topological polar surface area (TPSA) is 72.2 Å². The van der Waals surface area contributed by atoms with Crippen molar-refractivity contribution in [1.82, 2.24) is 5.32 Å². The summed E-state index contributed by atoms with van der Waals surface area (Å²) in [6.45, 7) is 0. The summed E-state index contributed by atoms with van der Waals surface area (Å²) in [5.74, 6) is -2.19. The maximum absolute atomic E-state index is 12.9. The highest BCUT2D eigenvalue weighted by Gasteiger charge is 2.31. The first-order valence-corrected chi connectivity index (χ1v) is 7.18. The predicted octanol–water partition coefficient (Wildman–Crippen LogP) is 2.67. The van der Waals surface area contributed by atoms with Gasteiger partial charge < -0.3 is 11.1 Å². The van der Waals surface area contributed by atoms with Gasteiger partial charge in [0, 0.05) is 12.0 Å². The SMILES string of the molecule is NC(=O)[C@@H](Cc1ccc(F)cc1)NC(=O)c1cccc(C(F)(F)F)c1. The minimum absolute atomic E-state index is 0.0136. The van der Waals surface area contributed by atoms with Crippen molar-refractivity contribution in [3.05, 3.63) is 71.0 Å². The van der Waals surface area contributed by atoms with Crippen LogP contribution in [0, 0.1) is 5.82 Å². The van der Waals surface area contributed by atoms with E-state index < -0.39 is 35.4 Å². The number of nitrogens with one attached hydrogen (secondary N) is 1. The van der Waals surface area contributed by atoms with Gasteiger partial charge in [0.1, 0.15) is 11.9 Å². The molecular formula is C17H14F4N2O2. The molecule has 2 amide bonds. The largest absolute Gasteiger partial charge is 0.416 e. The number of alkyl halides is 3. The Balaban J connectivity index is 2.15. The standard InChI is InChI=1S/C17H14F4N2O2/c18-13-6-4-10(5-7-13)8-14(15(22)24)23-16(25)11-2-1-3-12(9-11)17(19,20)21/h1-7,9,14H,8H2,(H2,22,24)(H,23,25)/t14-/m1/s1. The lowest BCUT2D eigenvalue weighted by Crippen LogP contribution is -2.45. The molecule has 0 unspecified atom stereocenters. The van der Waals surface area contributed by atoms with Crippen LogP contribution in [0.1, 0.15) is 21.5 Å². The summed E-state index contributed by atoms with van der Waals surface area (Å²) >= 11 is 0. The predicted molar refractivity (Wildman–Crippen MR) is 82.0 cm³/mol. The lowest BCUT2D eigenvalue weighted by atomic mass is 10.0. The summed E-state index contributed by atoms with van der Waals surface area (Å²) in [4.78, 5) is 23.7. The van der Waals surface area contributed by atoms with E-state index in [1.54, 1.807) is 0 Å². The van der Waals surface area contributed by atoms with Crippen molar-refractivity contribution in [2.75, 3.05) is 0 Å². The van der Waals surface area contributed by atoms with E-state index in [1.807, 2.05) is 0 Å². The number of hydrogen-bond donors (Lipinski definition) is 2. The summed E-state index contributed by atoms with van der Waals surface area (Å²) in [7, 11) is 0. The zero-order chi connectivity index (χ0) is 18.6. The average Bonchev–Trinajstić information content (AvgIpc) is 2.55. The van der Waals surface area contributed by atoms with Crippen LogP contribution in [-0.2, 0) is 17.4 Å². The maximum atomic E-state index is 12.9. The fourth-order valence-corrected chi connectivity index (χ4v) is 2.16. The fourth-order valence-electron chi connectivity index (χ4n) is 2.16. The van der Waals surface area contributed by atoms with Crippen LogP contribution in [0.3, 0.4) is 0 Å². The van der Waals surface area contributed by atoms with Crippen molar-refractivity contribution in [1.29, 1.82) is 0 Å². The van der Waals surface area contributed by atoms with Crippen molar-refractivity contribution in [2.24, 2.45) is 5.73 Å². The highest BCUT2D eigenvalue weighted by molar-refractivity contribution is 5.97. The Kier molecular flexibility index (Phi) is 5.41. The molecule has 25 heavy (non-hydrogen) atoms. The smallest absolute Gasteiger partial charge is 0.368 e. The summed E-state index contributed by atoms with van der Waals surface area (Å²) < 4.78 is 51.0. The van der Waals surface area contributed by atoms with Crippen LogP contribution in [-0.4, -0.2) is 17.9 Å². The van der Waals surface area contributed by atoms with Gasteiger partial charge in [0.15, 0.2) is 0 Å². The molecule has 0 heterocycles. The van der Waals surface area contributed by atoms with Gasteiger partial charge in [-0.2, -0.15) is 13.2 Å². The number of carbonyl (C=O) groups is 2. The number of rotatable bonds is 5. The van der Waals surface area contributed by atoms with E-state index in [4.69, 9.17) is 5.73 Å². The molecule has 0 saturated heterocycles. The van der Waals surface area contributed by atoms with Crippen LogP contribution >= 0.6 is 0 Å². The van der Waals surface area contributed by atoms with Crippen molar-refractivity contribution >= 4 is 11.8 Å². The van der Waals surface area contributed by atoms with Crippen LogP contribution in [0.5, 0.6) is 0 Å². The minimum Gasteiger partial charge on any atom is -0.368 e. The van der Waals surface area contributed by atoms with E-state index in [1.165, 1.54) is 30.3 Å². The number of carbonyl (C=O) groups excluding carboxylic acids is 2. The lowest BCUT2D eigenvalue weighted by molar-refractivity contribution is -0.137. The molecule has 0 aliphatic carbocycles. The van der Waals surface area contributed by atoms with Gasteiger partial charge in [-0.1, -0.05) is 18.2 Å². The van der Waals surface area contributed by atoms with Gasteiger partial charge in [-0.25, -0.2) is 4.39 Å². The number of nitrogens with two attached hydrogens (primary N) is 1. The zero-order valence-electron chi connectivity index (χ0n) is 12.8. The monoisotopic (exact) mass is 354 g/mol. The number of benzene rings is 2. The molecule has 0 spiro atoms. The fraction of sp³-hybridized carbons (Fsp3) is 0.176. The third-order valence-electron chi connectivity index (χ3n) is 3.45. The van der Waals surface area contributed by atoms with Gasteiger partial charge in [0.05, 0.1) is 5.56 Å². The first kappa shape index (κ1) is 18.4. The number of primary amides is 1. The zero-order valence-corrected chi connectivity index (χ0v) is 12.8. The molecule has 0 aromatic heterocycles. The highest BCUT2D eigenvalue weighted by Crippen LogP contribution is 2.29. The van der Waals surface area contributed by atoms with E-state index in [-0.39, 0.29) is 12.0 Å². The van der Waals surface area contributed by atoms with Crippen LogP contribution in [0.15, 0.2) is 48.5 Å². The molecule has 0 fully saturated rings. The number of amides is 2. The van der Waals surface area contributed by atoms with Gasteiger partial charge >= 0.3 is 6.18 Å². The van der Waals surface area contributed by atoms with Crippen molar-refractivity contribution in [3.63, 3.8) is 0 Å². The van der Waals surface area contributed by atoms with E-state index in [2.05, 4.69) is 5.32 Å². The lowest BCUT2D eigenvalue weighted by Gasteiger charge is -2.16. The van der Waals surface area contributed by atoms with Gasteiger partial charge in [-0.3, -0.25) is 9.59 Å². The van der Waals surface area contributed by atoms with Gasteiger partial charge in [-0.15, -0.1) is 0 Å². The van der Waals surface area contributed by atoms with Crippen LogP contribution < -0.4 is 11.1 Å². The first-order valence-electron chi connectivity index (χ1n) is 7.18. The summed E-state index contributed by atoms with van der Waals surface area (Å²) in [6.07, 6.45) is -4.60. The second-order valence-electron chi connectivity index (χ2n) is 5.34. The second-order valence-corrected chi connectivity index (χ2v) is 5.34. The molecule has 8 heteroatoms. The first-order chi connectivity index (χ1) is 11.7. The molecule has 0 saturated carbocycles. The highest BCUT2D eigenvalue weighted by atomic mass is 19.4. The van der Waals surface area contributed by atoms with Crippen molar-refractivity contribution in [2.45, 2.75) is 18.6 Å².